The molecular formula is C13H18N4OS. The van der Waals surface area contributed by atoms with E-state index in [1.165, 1.54) is 11.3 Å². The molecule has 1 unspecified atom stereocenters. The molecule has 0 saturated heterocycles. The van der Waals surface area contributed by atoms with Crippen LogP contribution >= 0.6 is 11.3 Å². The highest BCUT2D eigenvalue weighted by Crippen LogP contribution is 2.31. The molecule has 5 nitrogen and oxygen atoms in total. The normalized spacial score (nSPS) is 12.9. The summed E-state index contributed by atoms with van der Waals surface area (Å²) in [6.07, 6.45) is 3.19. The molecule has 102 valence electrons. The fraction of sp³-hybridized carbons (Fsp3) is 0.462. The first-order valence-electron chi connectivity index (χ1n) is 6.19. The van der Waals surface area contributed by atoms with E-state index in [-0.39, 0.29) is 11.9 Å². The van der Waals surface area contributed by atoms with Gasteiger partial charge in [-0.05, 0) is 12.8 Å². The summed E-state index contributed by atoms with van der Waals surface area (Å²) < 4.78 is 0. The van der Waals surface area contributed by atoms with Gasteiger partial charge in [0.05, 0.1) is 5.69 Å². The number of carbonyl (C=O) groups is 1. The van der Waals surface area contributed by atoms with Crippen LogP contribution in [0.4, 0.5) is 5.69 Å². The van der Waals surface area contributed by atoms with Crippen LogP contribution in [0.3, 0.4) is 0 Å². The van der Waals surface area contributed by atoms with Crippen molar-refractivity contribution < 1.29 is 4.79 Å². The van der Waals surface area contributed by atoms with Crippen molar-refractivity contribution in [2.45, 2.75) is 26.8 Å². The molecule has 0 aliphatic carbocycles. The summed E-state index contributed by atoms with van der Waals surface area (Å²) in [7, 11) is 1.80. The van der Waals surface area contributed by atoms with Crippen LogP contribution in [0.25, 0.3) is 10.3 Å². The third-order valence-corrected chi connectivity index (χ3v) is 4.54. The molecule has 1 amide bonds. The molecule has 0 saturated carbocycles. The fourth-order valence-electron chi connectivity index (χ4n) is 1.80. The molecule has 2 N–H and O–H groups in total. The average molecular weight is 278 g/mol. The van der Waals surface area contributed by atoms with Gasteiger partial charge in [-0.2, -0.15) is 0 Å². The average Bonchev–Trinajstić information content (AvgIpc) is 2.74. The minimum Gasteiger partial charge on any atom is -0.396 e. The highest BCUT2D eigenvalue weighted by molar-refractivity contribution is 7.21. The first kappa shape index (κ1) is 13.7. The Morgan fingerprint density at radius 3 is 2.53 bits per heavy atom. The second-order valence-corrected chi connectivity index (χ2v) is 5.95. The first-order chi connectivity index (χ1) is 8.93. The lowest BCUT2D eigenvalue weighted by atomic mass is 10.1. The third kappa shape index (κ3) is 2.40. The predicted octanol–water partition coefficient (Wildman–Crippen LogP) is 2.39. The molecule has 2 aromatic rings. The maximum Gasteiger partial charge on any atom is 0.266 e. The Morgan fingerprint density at radius 2 is 1.95 bits per heavy atom. The summed E-state index contributed by atoms with van der Waals surface area (Å²) in [4.78, 5) is 23.8. The van der Waals surface area contributed by atoms with Gasteiger partial charge in [-0.1, -0.05) is 13.8 Å². The van der Waals surface area contributed by atoms with Crippen LogP contribution in [-0.4, -0.2) is 33.9 Å². The minimum atomic E-state index is -0.0662. The van der Waals surface area contributed by atoms with Gasteiger partial charge in [0.1, 0.15) is 15.2 Å². The molecule has 1 atom stereocenters. The number of fused-ring (bicyclic) bond motifs is 1. The lowest BCUT2D eigenvalue weighted by Crippen LogP contribution is -2.38. The lowest BCUT2D eigenvalue weighted by molar-refractivity contribution is 0.0713. The highest BCUT2D eigenvalue weighted by atomic mass is 32.1. The Hall–Kier alpha value is -1.69. The van der Waals surface area contributed by atoms with Crippen molar-refractivity contribution in [3.8, 4) is 0 Å². The number of thiophene rings is 1. The number of anilines is 1. The van der Waals surface area contributed by atoms with Gasteiger partial charge in [0.15, 0.2) is 0 Å². The van der Waals surface area contributed by atoms with Crippen LogP contribution in [0.2, 0.25) is 0 Å². The standard InChI is InChI=1S/C13H18N4OS/c1-7(2)8(3)17(4)13(18)11-9(14)10-12(19-11)16-6-5-15-10/h5-8H,14H2,1-4H3. The van der Waals surface area contributed by atoms with Gasteiger partial charge < -0.3 is 10.6 Å². The van der Waals surface area contributed by atoms with Gasteiger partial charge in [0, 0.05) is 25.5 Å². The number of nitrogens with two attached hydrogens (primary N) is 1. The predicted molar refractivity (Wildman–Crippen MR) is 78.2 cm³/mol. The second kappa shape index (κ2) is 5.13. The van der Waals surface area contributed by atoms with Crippen molar-refractivity contribution in [2.75, 3.05) is 12.8 Å². The quantitative estimate of drug-likeness (QED) is 0.935. The van der Waals surface area contributed by atoms with Crippen molar-refractivity contribution in [3.63, 3.8) is 0 Å². The molecule has 6 heteroatoms. The van der Waals surface area contributed by atoms with E-state index >= 15 is 0 Å². The summed E-state index contributed by atoms with van der Waals surface area (Å²) in [6, 6.07) is 0.151. The van der Waals surface area contributed by atoms with E-state index in [0.29, 0.717) is 26.8 Å². The number of rotatable bonds is 3. The maximum atomic E-state index is 12.5. The van der Waals surface area contributed by atoms with Crippen molar-refractivity contribution in [1.29, 1.82) is 0 Å². The molecule has 0 aromatic carbocycles. The minimum absolute atomic E-state index is 0.0662. The van der Waals surface area contributed by atoms with Gasteiger partial charge in [-0.25, -0.2) is 9.97 Å². The SMILES string of the molecule is CC(C)C(C)N(C)C(=O)c1sc2nccnc2c1N. The number of nitrogen functional groups attached to an aromatic ring is 1. The Balaban J connectivity index is 2.39. The highest BCUT2D eigenvalue weighted by Gasteiger charge is 2.25. The van der Waals surface area contributed by atoms with E-state index in [0.717, 1.165) is 0 Å². The van der Waals surface area contributed by atoms with Crippen LogP contribution in [0.5, 0.6) is 0 Å². The molecule has 0 radical (unpaired) electrons. The van der Waals surface area contributed by atoms with E-state index in [4.69, 9.17) is 5.73 Å². The lowest BCUT2D eigenvalue weighted by Gasteiger charge is -2.27. The van der Waals surface area contributed by atoms with Gasteiger partial charge in [0.25, 0.3) is 5.91 Å². The fourth-order valence-corrected chi connectivity index (χ4v) is 2.80. The zero-order valence-electron chi connectivity index (χ0n) is 11.5. The summed E-state index contributed by atoms with van der Waals surface area (Å²) in [5.74, 6) is 0.323. The molecular weight excluding hydrogens is 260 g/mol. The van der Waals surface area contributed by atoms with Crippen LogP contribution in [-0.2, 0) is 0 Å². The number of amides is 1. The Kier molecular flexibility index (Phi) is 3.71. The van der Waals surface area contributed by atoms with Crippen molar-refractivity contribution in [1.82, 2.24) is 14.9 Å². The molecule has 2 heterocycles. The number of carbonyl (C=O) groups excluding carboxylic acids is 1. The first-order valence-corrected chi connectivity index (χ1v) is 7.01. The largest absolute Gasteiger partial charge is 0.396 e. The number of nitrogens with zero attached hydrogens (tertiary/aromatic N) is 3. The molecule has 0 fully saturated rings. The van der Waals surface area contributed by atoms with Crippen molar-refractivity contribution in [2.24, 2.45) is 5.92 Å². The van der Waals surface area contributed by atoms with E-state index in [1.807, 2.05) is 6.92 Å². The Morgan fingerprint density at radius 1 is 1.32 bits per heavy atom. The third-order valence-electron chi connectivity index (χ3n) is 3.45. The number of hydrogen-bond acceptors (Lipinski definition) is 5. The van der Waals surface area contributed by atoms with Gasteiger partial charge in [-0.3, -0.25) is 4.79 Å². The molecule has 0 aliphatic heterocycles. The molecule has 19 heavy (non-hydrogen) atoms. The second-order valence-electron chi connectivity index (χ2n) is 4.96. The smallest absolute Gasteiger partial charge is 0.266 e. The Labute approximate surface area is 116 Å². The summed E-state index contributed by atoms with van der Waals surface area (Å²) in [5, 5.41) is 0. The van der Waals surface area contributed by atoms with Crippen LogP contribution in [0, 0.1) is 5.92 Å². The molecule has 2 rings (SSSR count). The summed E-state index contributed by atoms with van der Waals surface area (Å²) in [5.41, 5.74) is 7.06. The van der Waals surface area contributed by atoms with Crippen molar-refractivity contribution >= 4 is 33.3 Å². The van der Waals surface area contributed by atoms with E-state index in [2.05, 4.69) is 23.8 Å². The number of aromatic nitrogens is 2. The van der Waals surface area contributed by atoms with Crippen LogP contribution in [0.1, 0.15) is 30.4 Å². The summed E-state index contributed by atoms with van der Waals surface area (Å²) >= 11 is 1.30. The van der Waals surface area contributed by atoms with E-state index < -0.39 is 0 Å². The molecule has 0 bridgehead atoms. The van der Waals surface area contributed by atoms with Gasteiger partial charge in [-0.15, -0.1) is 11.3 Å². The molecule has 0 aliphatic rings. The molecule has 0 spiro atoms. The van der Waals surface area contributed by atoms with Crippen molar-refractivity contribution in [3.05, 3.63) is 17.3 Å². The van der Waals surface area contributed by atoms with Crippen LogP contribution in [0.15, 0.2) is 12.4 Å². The zero-order chi connectivity index (χ0) is 14.2. The van der Waals surface area contributed by atoms with E-state index in [9.17, 15) is 4.79 Å². The van der Waals surface area contributed by atoms with Gasteiger partial charge in [0.2, 0.25) is 0 Å². The monoisotopic (exact) mass is 278 g/mol. The van der Waals surface area contributed by atoms with Crippen LogP contribution < -0.4 is 5.73 Å². The number of hydrogen-bond donors (Lipinski definition) is 1. The maximum absolute atomic E-state index is 12.5. The van der Waals surface area contributed by atoms with E-state index in [1.54, 1.807) is 24.3 Å². The summed E-state index contributed by atoms with van der Waals surface area (Å²) in [6.45, 7) is 6.21. The zero-order valence-corrected chi connectivity index (χ0v) is 12.4. The van der Waals surface area contributed by atoms with Gasteiger partial charge >= 0.3 is 0 Å². The Bertz CT molecular complexity index is 608. The topological polar surface area (TPSA) is 72.1 Å². The molecule has 2 aromatic heterocycles.